The van der Waals surface area contributed by atoms with E-state index in [1.807, 2.05) is 28.1 Å². The van der Waals surface area contributed by atoms with Gasteiger partial charge in [0.2, 0.25) is 0 Å². The van der Waals surface area contributed by atoms with Crippen LogP contribution in [0.1, 0.15) is 13.3 Å². The van der Waals surface area contributed by atoms with E-state index in [1.165, 1.54) is 0 Å². The predicted octanol–water partition coefficient (Wildman–Crippen LogP) is 0.988. The lowest BCUT2D eigenvalue weighted by Crippen LogP contribution is -2.52. The second-order valence-corrected chi connectivity index (χ2v) is 3.69. The topological polar surface area (TPSA) is 20.2 Å². The van der Waals surface area contributed by atoms with E-state index in [4.69, 9.17) is 11.6 Å². The first-order valence-electron chi connectivity index (χ1n) is 3.04. The molecule has 0 aliphatic rings. The third-order valence-electron chi connectivity index (χ3n) is 1.48. The van der Waals surface area contributed by atoms with Gasteiger partial charge in [0.05, 0.1) is 21.1 Å². The molecule has 2 nitrogen and oxygen atoms in total. The molecule has 0 saturated carbocycles. The van der Waals surface area contributed by atoms with Crippen LogP contribution in [0.15, 0.2) is 0 Å². The van der Waals surface area contributed by atoms with Crippen molar-refractivity contribution in [2.75, 3.05) is 21.1 Å². The van der Waals surface area contributed by atoms with Crippen LogP contribution in [0.2, 0.25) is 0 Å². The van der Waals surface area contributed by atoms with Crippen molar-refractivity contribution in [2.45, 2.75) is 18.5 Å². The van der Waals surface area contributed by atoms with Crippen LogP contribution in [-0.2, 0) is 0 Å². The van der Waals surface area contributed by atoms with Gasteiger partial charge in [-0.2, -0.15) is 0 Å². The van der Waals surface area contributed by atoms with Crippen LogP contribution < -0.4 is 0 Å². The van der Waals surface area contributed by atoms with E-state index >= 15 is 0 Å². The molecular formula is C6H15ClNO+. The van der Waals surface area contributed by atoms with E-state index in [0.717, 1.165) is 0 Å². The number of hydrogen-bond acceptors (Lipinski definition) is 1. The highest BCUT2D eigenvalue weighted by Crippen LogP contribution is 2.23. The normalized spacial score (nSPS) is 19.3. The molecule has 0 bridgehead atoms. The van der Waals surface area contributed by atoms with E-state index in [0.29, 0.717) is 10.9 Å². The van der Waals surface area contributed by atoms with E-state index in [9.17, 15) is 5.11 Å². The molecule has 0 aliphatic carbocycles. The maximum Gasteiger partial charge on any atom is 0.279 e. The maximum absolute atomic E-state index is 9.40. The highest BCUT2D eigenvalue weighted by Gasteiger charge is 2.36. The molecule has 1 atom stereocenters. The Kier molecular flexibility index (Phi) is 2.50. The number of rotatable bonds is 2. The van der Waals surface area contributed by atoms with Crippen LogP contribution in [0.5, 0.6) is 0 Å². The fraction of sp³-hybridized carbons (Fsp3) is 1.00. The van der Waals surface area contributed by atoms with Crippen molar-refractivity contribution in [1.82, 2.24) is 0 Å². The molecule has 0 rings (SSSR count). The number of nitrogens with zero attached hydrogens (tertiary/aromatic N) is 1. The first-order valence-corrected chi connectivity index (χ1v) is 3.42. The Bertz CT molecular complexity index is 95.7. The maximum atomic E-state index is 9.40. The van der Waals surface area contributed by atoms with Gasteiger partial charge in [-0.25, -0.2) is 0 Å². The second kappa shape index (κ2) is 2.45. The summed E-state index contributed by atoms with van der Waals surface area (Å²) in [4.78, 5) is 0. The first kappa shape index (κ1) is 9.21. The van der Waals surface area contributed by atoms with Gasteiger partial charge in [0, 0.05) is 6.42 Å². The van der Waals surface area contributed by atoms with Crippen LogP contribution in [0.3, 0.4) is 0 Å². The quantitative estimate of drug-likeness (QED) is 0.271. The van der Waals surface area contributed by atoms with Crippen molar-refractivity contribution in [3.8, 4) is 0 Å². The molecule has 9 heavy (non-hydrogen) atoms. The predicted molar refractivity (Wildman–Crippen MR) is 39.1 cm³/mol. The number of hydrogen-bond donors (Lipinski definition) is 1. The zero-order valence-electron chi connectivity index (χ0n) is 6.48. The van der Waals surface area contributed by atoms with Crippen LogP contribution in [0.4, 0.5) is 0 Å². The van der Waals surface area contributed by atoms with Crippen molar-refractivity contribution in [3.05, 3.63) is 0 Å². The van der Waals surface area contributed by atoms with Crippen molar-refractivity contribution < 1.29 is 9.59 Å². The summed E-state index contributed by atoms with van der Waals surface area (Å²) in [6.07, 6.45) is 0.554. The Morgan fingerprint density at radius 3 is 1.78 bits per heavy atom. The monoisotopic (exact) mass is 152 g/mol. The van der Waals surface area contributed by atoms with Gasteiger partial charge in [-0.15, -0.1) is 0 Å². The summed E-state index contributed by atoms with van der Waals surface area (Å²) in [5.41, 5.74) is 0. The summed E-state index contributed by atoms with van der Waals surface area (Å²) in [5.74, 6) is 0. The average Bonchev–Trinajstić information content (AvgIpc) is 1.64. The zero-order valence-corrected chi connectivity index (χ0v) is 7.24. The number of halogens is 1. The third-order valence-corrected chi connectivity index (χ3v) is 2.25. The molecule has 1 unspecified atom stereocenters. The highest BCUT2D eigenvalue weighted by atomic mass is 35.5. The molecule has 0 radical (unpaired) electrons. The third kappa shape index (κ3) is 2.12. The van der Waals surface area contributed by atoms with Gasteiger partial charge >= 0.3 is 0 Å². The molecule has 0 spiro atoms. The molecular weight excluding hydrogens is 138 g/mol. The Hall–Kier alpha value is 0.210. The van der Waals surface area contributed by atoms with Crippen molar-refractivity contribution in [3.63, 3.8) is 0 Å². The minimum absolute atomic E-state index is 0.366. The minimum Gasteiger partial charge on any atom is -0.330 e. The summed E-state index contributed by atoms with van der Waals surface area (Å²) in [5, 5.41) is 8.29. The fourth-order valence-corrected chi connectivity index (χ4v) is 0.474. The Morgan fingerprint density at radius 2 is 1.78 bits per heavy atom. The standard InChI is InChI=1S/C6H15ClNO/c1-5-6(7,9)8(2,3)4/h9H,5H2,1-4H3/q+1. The largest absolute Gasteiger partial charge is 0.330 e. The molecule has 0 amide bonds. The molecule has 0 aliphatic heterocycles. The lowest BCUT2D eigenvalue weighted by Gasteiger charge is -2.35. The molecule has 0 aromatic carbocycles. The Balaban J connectivity index is 4.14. The number of alkyl halides is 1. The smallest absolute Gasteiger partial charge is 0.279 e. The minimum atomic E-state index is -1.11. The number of quaternary nitrogens is 1. The van der Waals surface area contributed by atoms with Gasteiger partial charge in [0.15, 0.2) is 0 Å². The molecule has 3 heteroatoms. The van der Waals surface area contributed by atoms with Crippen LogP contribution in [-0.4, -0.2) is 35.9 Å². The zero-order chi connectivity index (χ0) is 7.71. The summed E-state index contributed by atoms with van der Waals surface area (Å²) < 4.78 is 0.366. The Morgan fingerprint density at radius 1 is 1.44 bits per heavy atom. The lowest BCUT2D eigenvalue weighted by molar-refractivity contribution is -0.933. The van der Waals surface area contributed by atoms with Crippen LogP contribution >= 0.6 is 11.6 Å². The Labute approximate surface area is 61.6 Å². The molecule has 0 aromatic rings. The van der Waals surface area contributed by atoms with Gasteiger partial charge in [-0.1, -0.05) is 6.92 Å². The van der Waals surface area contributed by atoms with Crippen LogP contribution in [0, 0.1) is 0 Å². The van der Waals surface area contributed by atoms with Gasteiger partial charge in [-0.05, 0) is 11.6 Å². The van der Waals surface area contributed by atoms with Crippen molar-refractivity contribution in [1.29, 1.82) is 0 Å². The van der Waals surface area contributed by atoms with Crippen LogP contribution in [0.25, 0.3) is 0 Å². The average molecular weight is 153 g/mol. The molecule has 56 valence electrons. The van der Waals surface area contributed by atoms with E-state index < -0.39 is 5.18 Å². The van der Waals surface area contributed by atoms with Crippen molar-refractivity contribution in [2.24, 2.45) is 0 Å². The van der Waals surface area contributed by atoms with E-state index in [-0.39, 0.29) is 0 Å². The summed E-state index contributed by atoms with van der Waals surface area (Å²) >= 11 is 5.72. The fourth-order valence-electron chi connectivity index (χ4n) is 0.474. The lowest BCUT2D eigenvalue weighted by atomic mass is 10.3. The summed E-state index contributed by atoms with van der Waals surface area (Å²) in [6.45, 7) is 1.86. The summed E-state index contributed by atoms with van der Waals surface area (Å²) in [6, 6.07) is 0. The summed E-state index contributed by atoms with van der Waals surface area (Å²) in [7, 11) is 5.57. The van der Waals surface area contributed by atoms with Gasteiger partial charge in [-0.3, -0.25) is 4.48 Å². The molecule has 0 fully saturated rings. The van der Waals surface area contributed by atoms with Gasteiger partial charge in [0.25, 0.3) is 5.18 Å². The molecule has 1 N–H and O–H groups in total. The molecule has 0 aromatic heterocycles. The highest BCUT2D eigenvalue weighted by molar-refractivity contribution is 6.21. The van der Waals surface area contributed by atoms with Crippen molar-refractivity contribution >= 4 is 11.6 Å². The van der Waals surface area contributed by atoms with E-state index in [2.05, 4.69) is 0 Å². The molecule has 0 heterocycles. The second-order valence-electron chi connectivity index (χ2n) is 3.08. The molecule has 0 saturated heterocycles. The SMILES string of the molecule is CCC(O)(Cl)[N+](C)(C)C. The number of aliphatic hydroxyl groups is 1. The first-order chi connectivity index (χ1) is 3.81. The van der Waals surface area contributed by atoms with Gasteiger partial charge < -0.3 is 5.11 Å². The van der Waals surface area contributed by atoms with Gasteiger partial charge in [0.1, 0.15) is 0 Å². The van der Waals surface area contributed by atoms with E-state index in [1.54, 1.807) is 0 Å².